The molecule has 8 nitrogen and oxygen atoms in total. The van der Waals surface area contributed by atoms with Crippen molar-refractivity contribution in [2.45, 2.75) is 0 Å². The minimum absolute atomic E-state index is 0.296. The highest BCUT2D eigenvalue weighted by molar-refractivity contribution is 9.10. The number of nitrogens with one attached hydrogen (secondary N) is 2. The van der Waals surface area contributed by atoms with Crippen LogP contribution >= 0.6 is 15.9 Å². The van der Waals surface area contributed by atoms with Crippen molar-refractivity contribution in [3.63, 3.8) is 0 Å². The van der Waals surface area contributed by atoms with E-state index in [9.17, 15) is 4.79 Å². The van der Waals surface area contributed by atoms with E-state index in [2.05, 4.69) is 36.5 Å². The van der Waals surface area contributed by atoms with Crippen LogP contribution in [0, 0.1) is 0 Å². The van der Waals surface area contributed by atoms with Gasteiger partial charge in [-0.2, -0.15) is 0 Å². The van der Waals surface area contributed by atoms with Crippen molar-refractivity contribution in [1.29, 1.82) is 0 Å². The third kappa shape index (κ3) is 6.95. The van der Waals surface area contributed by atoms with Crippen molar-refractivity contribution in [1.82, 2.24) is 10.2 Å². The van der Waals surface area contributed by atoms with Crippen LogP contribution in [0.25, 0.3) is 0 Å². The highest BCUT2D eigenvalue weighted by Gasteiger charge is 2.14. The first-order chi connectivity index (χ1) is 15.1. The maximum atomic E-state index is 12.9. The summed E-state index contributed by atoms with van der Waals surface area (Å²) in [5.74, 6) is 1.14. The van der Waals surface area contributed by atoms with Gasteiger partial charge in [0.2, 0.25) is 5.96 Å². The molecule has 0 aromatic heterocycles. The van der Waals surface area contributed by atoms with Gasteiger partial charge in [0.1, 0.15) is 0 Å². The summed E-state index contributed by atoms with van der Waals surface area (Å²) in [6.07, 6.45) is 0. The molecule has 2 N–H and O–H groups in total. The predicted octanol–water partition coefficient (Wildman–Crippen LogP) is 3.00. The lowest BCUT2D eigenvalue weighted by Gasteiger charge is -2.25. The standard InChI is InChI=1S/C22H27BrN4O4/c1-29-19-8-3-16(15-20(19)30-2)21(28)26-22(25-18-6-4-17(23)5-7-18)24-9-10-27-11-13-31-14-12-27/h3-8,15H,9-14H2,1-2H3,(H2,24,25,26,28). The molecule has 1 aliphatic rings. The van der Waals surface area contributed by atoms with Crippen LogP contribution in [0.1, 0.15) is 10.4 Å². The summed E-state index contributed by atoms with van der Waals surface area (Å²) in [6.45, 7) is 4.60. The van der Waals surface area contributed by atoms with Crippen molar-refractivity contribution in [3.8, 4) is 11.5 Å². The Morgan fingerprint density at radius 3 is 2.48 bits per heavy atom. The molecule has 9 heteroatoms. The van der Waals surface area contributed by atoms with E-state index < -0.39 is 0 Å². The van der Waals surface area contributed by atoms with E-state index in [1.807, 2.05) is 24.3 Å². The fraction of sp³-hybridized carbons (Fsp3) is 0.364. The van der Waals surface area contributed by atoms with Gasteiger partial charge < -0.3 is 19.5 Å². The number of carbonyl (C=O) groups excluding carboxylic acids is 1. The Morgan fingerprint density at radius 1 is 1.10 bits per heavy atom. The number of anilines is 1. The number of halogens is 1. The van der Waals surface area contributed by atoms with E-state index in [1.165, 1.54) is 7.11 Å². The Labute approximate surface area is 190 Å². The smallest absolute Gasteiger partial charge is 0.258 e. The number of hydrogen-bond acceptors (Lipinski definition) is 6. The van der Waals surface area contributed by atoms with Gasteiger partial charge in [0.05, 0.1) is 34.0 Å². The largest absolute Gasteiger partial charge is 0.493 e. The van der Waals surface area contributed by atoms with Gasteiger partial charge in [-0.15, -0.1) is 0 Å². The molecule has 2 aromatic rings. The molecule has 0 radical (unpaired) electrons. The zero-order chi connectivity index (χ0) is 22.1. The van der Waals surface area contributed by atoms with Crippen LogP contribution in [0.15, 0.2) is 51.9 Å². The van der Waals surface area contributed by atoms with Gasteiger partial charge in [0.25, 0.3) is 5.91 Å². The molecule has 0 unspecified atom stereocenters. The summed E-state index contributed by atoms with van der Waals surface area (Å²) in [5, 5.41) is 6.07. The van der Waals surface area contributed by atoms with Crippen LogP contribution in [0.2, 0.25) is 0 Å². The molecule has 1 fully saturated rings. The fourth-order valence-corrected chi connectivity index (χ4v) is 3.33. The molecule has 31 heavy (non-hydrogen) atoms. The first kappa shape index (κ1) is 23.1. The van der Waals surface area contributed by atoms with Crippen LogP contribution in [0.3, 0.4) is 0 Å². The average Bonchev–Trinajstić information content (AvgIpc) is 2.80. The first-order valence-electron chi connectivity index (χ1n) is 9.99. The van der Waals surface area contributed by atoms with Crippen LogP contribution in [0.4, 0.5) is 5.69 Å². The molecule has 3 rings (SSSR count). The zero-order valence-electron chi connectivity index (χ0n) is 17.7. The molecule has 0 spiro atoms. The van der Waals surface area contributed by atoms with Gasteiger partial charge in [0, 0.05) is 35.4 Å². The second-order valence-electron chi connectivity index (χ2n) is 6.84. The number of guanidine groups is 1. The fourth-order valence-electron chi connectivity index (χ4n) is 3.07. The molecule has 1 saturated heterocycles. The van der Waals surface area contributed by atoms with Gasteiger partial charge in [-0.3, -0.25) is 20.0 Å². The molecule has 0 bridgehead atoms. The van der Waals surface area contributed by atoms with Gasteiger partial charge in [-0.1, -0.05) is 15.9 Å². The lowest BCUT2D eigenvalue weighted by molar-refractivity contribution is 0.0394. The lowest BCUT2D eigenvalue weighted by Crippen LogP contribution is -2.39. The molecule has 0 aliphatic carbocycles. The quantitative estimate of drug-likeness (QED) is 0.458. The lowest BCUT2D eigenvalue weighted by atomic mass is 10.2. The summed E-state index contributed by atoms with van der Waals surface area (Å²) in [7, 11) is 3.09. The molecule has 2 aromatic carbocycles. The summed E-state index contributed by atoms with van der Waals surface area (Å²) in [4.78, 5) is 19.8. The van der Waals surface area contributed by atoms with Gasteiger partial charge >= 0.3 is 0 Å². The monoisotopic (exact) mass is 490 g/mol. The number of amides is 1. The van der Waals surface area contributed by atoms with Crippen LogP contribution in [-0.2, 0) is 4.74 Å². The number of carbonyl (C=O) groups is 1. The average molecular weight is 491 g/mol. The first-order valence-corrected chi connectivity index (χ1v) is 10.8. The second-order valence-corrected chi connectivity index (χ2v) is 7.76. The van der Waals surface area contributed by atoms with Crippen LogP contribution < -0.4 is 20.1 Å². The molecule has 0 saturated carbocycles. The van der Waals surface area contributed by atoms with E-state index in [4.69, 9.17) is 14.2 Å². The second kappa shape index (κ2) is 11.7. The van der Waals surface area contributed by atoms with E-state index in [0.717, 1.165) is 43.0 Å². The summed E-state index contributed by atoms with van der Waals surface area (Å²) < 4.78 is 16.9. The normalized spacial score (nSPS) is 14.7. The SMILES string of the molecule is COc1ccc(C(=O)NC(=NCCN2CCOCC2)Nc2ccc(Br)cc2)cc1OC. The molecular formula is C22H27BrN4O4. The van der Waals surface area contributed by atoms with Gasteiger partial charge in [0.15, 0.2) is 11.5 Å². The highest BCUT2D eigenvalue weighted by atomic mass is 79.9. The Morgan fingerprint density at radius 2 is 1.81 bits per heavy atom. The van der Waals surface area contributed by atoms with Crippen molar-refractivity contribution in [2.24, 2.45) is 4.99 Å². The zero-order valence-corrected chi connectivity index (χ0v) is 19.3. The summed E-state index contributed by atoms with van der Waals surface area (Å²) >= 11 is 3.43. The predicted molar refractivity (Wildman–Crippen MR) is 124 cm³/mol. The number of nitrogens with zero attached hydrogens (tertiary/aromatic N) is 2. The topological polar surface area (TPSA) is 84.4 Å². The molecule has 1 aliphatic heterocycles. The molecule has 0 atom stereocenters. The van der Waals surface area contributed by atoms with Crippen molar-refractivity contribution < 1.29 is 19.0 Å². The number of methoxy groups -OCH3 is 2. The Kier molecular flexibility index (Phi) is 8.69. The summed E-state index contributed by atoms with van der Waals surface area (Å²) in [5.41, 5.74) is 1.26. The maximum absolute atomic E-state index is 12.9. The van der Waals surface area contributed by atoms with Crippen molar-refractivity contribution >= 4 is 33.5 Å². The van der Waals surface area contributed by atoms with E-state index in [-0.39, 0.29) is 5.91 Å². The van der Waals surface area contributed by atoms with Crippen molar-refractivity contribution in [3.05, 3.63) is 52.5 Å². The maximum Gasteiger partial charge on any atom is 0.258 e. The van der Waals surface area contributed by atoms with E-state index >= 15 is 0 Å². The number of ether oxygens (including phenoxy) is 3. The van der Waals surface area contributed by atoms with E-state index in [0.29, 0.717) is 29.6 Å². The molecule has 166 valence electrons. The highest BCUT2D eigenvalue weighted by Crippen LogP contribution is 2.27. The molecule has 1 heterocycles. The Bertz CT molecular complexity index is 899. The number of aliphatic imine (C=N–C) groups is 1. The minimum Gasteiger partial charge on any atom is -0.493 e. The van der Waals surface area contributed by atoms with Gasteiger partial charge in [-0.05, 0) is 42.5 Å². The number of rotatable bonds is 7. The minimum atomic E-state index is -0.296. The number of morpholine rings is 1. The Hall–Kier alpha value is -2.62. The third-order valence-electron chi connectivity index (χ3n) is 4.77. The summed E-state index contributed by atoms with van der Waals surface area (Å²) in [6, 6.07) is 12.7. The number of benzene rings is 2. The van der Waals surface area contributed by atoms with Crippen LogP contribution in [-0.4, -0.2) is 70.4 Å². The van der Waals surface area contributed by atoms with Gasteiger partial charge in [-0.25, -0.2) is 0 Å². The third-order valence-corrected chi connectivity index (χ3v) is 5.30. The molecule has 1 amide bonds. The number of hydrogen-bond donors (Lipinski definition) is 2. The van der Waals surface area contributed by atoms with Crippen molar-refractivity contribution in [2.75, 3.05) is 58.9 Å². The van der Waals surface area contributed by atoms with E-state index in [1.54, 1.807) is 25.3 Å². The Balaban J connectivity index is 1.72. The molecular weight excluding hydrogens is 464 g/mol. The van der Waals surface area contributed by atoms with Crippen LogP contribution in [0.5, 0.6) is 11.5 Å².